The van der Waals surface area contributed by atoms with Gasteiger partial charge < -0.3 is 5.32 Å². The SMILES string of the molecule is CC(NC1CC1)C(C)c1c(Br)nnn1C. The molecule has 1 N–H and O–H groups in total. The van der Waals surface area contributed by atoms with Crippen LogP contribution >= 0.6 is 15.9 Å². The van der Waals surface area contributed by atoms with E-state index in [1.807, 2.05) is 11.7 Å². The zero-order valence-electron chi connectivity index (χ0n) is 9.37. The summed E-state index contributed by atoms with van der Waals surface area (Å²) in [6, 6.07) is 1.20. The van der Waals surface area contributed by atoms with Crippen LogP contribution in [0.25, 0.3) is 0 Å². The number of halogens is 1. The van der Waals surface area contributed by atoms with E-state index in [2.05, 4.69) is 45.4 Å². The molecule has 0 spiro atoms. The quantitative estimate of drug-likeness (QED) is 0.910. The Morgan fingerprint density at radius 3 is 2.60 bits per heavy atom. The highest BCUT2D eigenvalue weighted by molar-refractivity contribution is 9.10. The molecule has 2 atom stereocenters. The smallest absolute Gasteiger partial charge is 0.151 e. The van der Waals surface area contributed by atoms with Gasteiger partial charge in [-0.3, -0.25) is 4.68 Å². The number of hydrogen-bond donors (Lipinski definition) is 1. The summed E-state index contributed by atoms with van der Waals surface area (Å²) in [5.74, 6) is 0.417. The Morgan fingerprint density at radius 1 is 1.47 bits per heavy atom. The Kier molecular flexibility index (Phi) is 3.11. The Balaban J connectivity index is 2.08. The molecule has 15 heavy (non-hydrogen) atoms. The van der Waals surface area contributed by atoms with Crippen molar-refractivity contribution in [2.45, 2.75) is 44.7 Å². The van der Waals surface area contributed by atoms with Crippen molar-refractivity contribution in [3.8, 4) is 0 Å². The molecule has 1 aliphatic rings. The molecule has 0 aromatic carbocycles. The highest BCUT2D eigenvalue weighted by atomic mass is 79.9. The number of rotatable bonds is 4. The Morgan fingerprint density at radius 2 is 2.13 bits per heavy atom. The van der Waals surface area contributed by atoms with Crippen LogP contribution in [0.3, 0.4) is 0 Å². The van der Waals surface area contributed by atoms with Crippen LogP contribution in [-0.2, 0) is 7.05 Å². The van der Waals surface area contributed by atoms with Crippen molar-refractivity contribution in [2.75, 3.05) is 0 Å². The van der Waals surface area contributed by atoms with Crippen LogP contribution in [-0.4, -0.2) is 27.1 Å². The minimum Gasteiger partial charge on any atom is -0.311 e. The molecule has 0 aliphatic heterocycles. The van der Waals surface area contributed by atoms with Gasteiger partial charge in [-0.15, -0.1) is 5.10 Å². The normalized spacial score (nSPS) is 20.3. The van der Waals surface area contributed by atoms with E-state index in [-0.39, 0.29) is 0 Å². The molecule has 1 heterocycles. The van der Waals surface area contributed by atoms with Crippen molar-refractivity contribution < 1.29 is 0 Å². The largest absolute Gasteiger partial charge is 0.311 e. The molecule has 5 heteroatoms. The fourth-order valence-electron chi connectivity index (χ4n) is 1.82. The van der Waals surface area contributed by atoms with E-state index in [1.54, 1.807) is 0 Å². The number of nitrogens with one attached hydrogen (secondary N) is 1. The molecule has 1 saturated carbocycles. The average Bonchev–Trinajstić information content (AvgIpc) is 2.93. The first-order chi connectivity index (χ1) is 7.09. The van der Waals surface area contributed by atoms with Crippen molar-refractivity contribution >= 4 is 15.9 Å². The number of hydrogen-bond acceptors (Lipinski definition) is 3. The second-order valence-electron chi connectivity index (χ2n) is 4.41. The Hall–Kier alpha value is -0.420. The topological polar surface area (TPSA) is 42.7 Å². The van der Waals surface area contributed by atoms with Gasteiger partial charge in [0.25, 0.3) is 0 Å². The average molecular weight is 273 g/mol. The number of aryl methyl sites for hydroxylation is 1. The molecular weight excluding hydrogens is 256 g/mol. The van der Waals surface area contributed by atoms with E-state index < -0.39 is 0 Å². The van der Waals surface area contributed by atoms with E-state index >= 15 is 0 Å². The third-order valence-corrected chi connectivity index (χ3v) is 3.65. The van der Waals surface area contributed by atoms with Gasteiger partial charge in [-0.1, -0.05) is 12.1 Å². The molecule has 0 bridgehead atoms. The van der Waals surface area contributed by atoms with Crippen molar-refractivity contribution in [2.24, 2.45) is 7.05 Å². The van der Waals surface area contributed by atoms with Crippen LogP contribution in [0.1, 0.15) is 38.3 Å². The molecule has 0 amide bonds. The van der Waals surface area contributed by atoms with Crippen molar-refractivity contribution in [3.05, 3.63) is 10.3 Å². The highest BCUT2D eigenvalue weighted by Crippen LogP contribution is 2.27. The van der Waals surface area contributed by atoms with E-state index in [9.17, 15) is 0 Å². The molecule has 1 aromatic rings. The molecule has 1 aromatic heterocycles. The molecule has 2 unspecified atom stereocenters. The monoisotopic (exact) mass is 272 g/mol. The van der Waals surface area contributed by atoms with Gasteiger partial charge in [-0.05, 0) is 35.7 Å². The molecular formula is C10H17BrN4. The number of aromatic nitrogens is 3. The van der Waals surface area contributed by atoms with Gasteiger partial charge >= 0.3 is 0 Å². The van der Waals surface area contributed by atoms with E-state index in [4.69, 9.17) is 0 Å². The summed E-state index contributed by atoms with van der Waals surface area (Å²) in [5.41, 5.74) is 1.16. The zero-order chi connectivity index (χ0) is 11.0. The summed E-state index contributed by atoms with van der Waals surface area (Å²) in [6.07, 6.45) is 2.64. The van der Waals surface area contributed by atoms with Crippen LogP contribution in [0, 0.1) is 0 Å². The molecule has 1 aliphatic carbocycles. The summed E-state index contributed by atoms with van der Waals surface area (Å²) in [7, 11) is 1.94. The van der Waals surface area contributed by atoms with Crippen LogP contribution < -0.4 is 5.32 Å². The van der Waals surface area contributed by atoms with Gasteiger partial charge in [0.2, 0.25) is 0 Å². The summed E-state index contributed by atoms with van der Waals surface area (Å²) >= 11 is 3.45. The summed E-state index contributed by atoms with van der Waals surface area (Å²) in [5, 5.41) is 11.6. The second kappa shape index (κ2) is 4.22. The zero-order valence-corrected chi connectivity index (χ0v) is 11.0. The minimum atomic E-state index is 0.417. The van der Waals surface area contributed by atoms with Gasteiger partial charge in [-0.2, -0.15) is 0 Å². The fourth-order valence-corrected chi connectivity index (χ4v) is 2.51. The van der Waals surface area contributed by atoms with E-state index in [0.717, 1.165) is 16.3 Å². The maximum absolute atomic E-state index is 4.02. The van der Waals surface area contributed by atoms with Crippen LogP contribution in [0.4, 0.5) is 0 Å². The van der Waals surface area contributed by atoms with E-state index in [1.165, 1.54) is 12.8 Å². The van der Waals surface area contributed by atoms with Crippen molar-refractivity contribution in [1.82, 2.24) is 20.3 Å². The third-order valence-electron chi connectivity index (χ3n) is 3.08. The lowest BCUT2D eigenvalue weighted by Crippen LogP contribution is -2.33. The molecule has 4 nitrogen and oxygen atoms in total. The van der Waals surface area contributed by atoms with E-state index in [0.29, 0.717) is 12.0 Å². The fraction of sp³-hybridized carbons (Fsp3) is 0.800. The first kappa shape index (κ1) is 11.1. The Labute approximate surface area is 98.6 Å². The standard InChI is InChI=1S/C10H17BrN4/c1-6(7(2)12-8-4-5-8)9-10(11)13-14-15(9)3/h6-8,12H,4-5H2,1-3H3. The van der Waals surface area contributed by atoms with Crippen LogP contribution in [0.5, 0.6) is 0 Å². The first-order valence-electron chi connectivity index (χ1n) is 5.40. The van der Waals surface area contributed by atoms with Gasteiger partial charge in [0, 0.05) is 25.0 Å². The van der Waals surface area contributed by atoms with Crippen LogP contribution in [0.15, 0.2) is 4.60 Å². The molecule has 2 rings (SSSR count). The number of nitrogens with zero attached hydrogens (tertiary/aromatic N) is 3. The molecule has 0 radical (unpaired) electrons. The minimum absolute atomic E-state index is 0.417. The first-order valence-corrected chi connectivity index (χ1v) is 6.20. The van der Waals surface area contributed by atoms with Gasteiger partial charge in [-0.25, -0.2) is 0 Å². The maximum Gasteiger partial charge on any atom is 0.151 e. The summed E-state index contributed by atoms with van der Waals surface area (Å²) < 4.78 is 2.71. The molecule has 0 saturated heterocycles. The second-order valence-corrected chi connectivity index (χ2v) is 5.16. The lowest BCUT2D eigenvalue weighted by atomic mass is 10.0. The Bertz CT molecular complexity index is 326. The highest BCUT2D eigenvalue weighted by Gasteiger charge is 2.27. The van der Waals surface area contributed by atoms with Crippen LogP contribution in [0.2, 0.25) is 0 Å². The van der Waals surface area contributed by atoms with Crippen molar-refractivity contribution in [1.29, 1.82) is 0 Å². The van der Waals surface area contributed by atoms with Crippen molar-refractivity contribution in [3.63, 3.8) is 0 Å². The molecule has 84 valence electrons. The third kappa shape index (κ3) is 2.39. The molecule has 1 fully saturated rings. The summed E-state index contributed by atoms with van der Waals surface area (Å²) in [4.78, 5) is 0. The predicted molar refractivity (Wildman–Crippen MR) is 62.7 cm³/mol. The lowest BCUT2D eigenvalue weighted by Gasteiger charge is -2.21. The lowest BCUT2D eigenvalue weighted by molar-refractivity contribution is 0.457. The maximum atomic E-state index is 4.02. The van der Waals surface area contributed by atoms with Gasteiger partial charge in [0.15, 0.2) is 4.60 Å². The summed E-state index contributed by atoms with van der Waals surface area (Å²) in [6.45, 7) is 4.44. The van der Waals surface area contributed by atoms with Gasteiger partial charge in [0.1, 0.15) is 0 Å². The predicted octanol–water partition coefficient (Wildman–Crippen LogP) is 1.82. The van der Waals surface area contributed by atoms with Gasteiger partial charge in [0.05, 0.1) is 5.69 Å².